The number of rotatable bonds is 4. The van der Waals surface area contributed by atoms with Gasteiger partial charge in [0.1, 0.15) is 0 Å². The van der Waals surface area contributed by atoms with Gasteiger partial charge in [0, 0.05) is 49.0 Å². The first-order valence-electron chi connectivity index (χ1n) is 12.2. The minimum absolute atomic E-state index is 0.195. The number of nitrogen functional groups attached to an aromatic ring is 1. The lowest BCUT2D eigenvalue weighted by Gasteiger charge is -2.42. The van der Waals surface area contributed by atoms with E-state index in [1.54, 1.807) is 0 Å². The van der Waals surface area contributed by atoms with Crippen LogP contribution in [-0.2, 0) is 24.0 Å². The fourth-order valence-corrected chi connectivity index (χ4v) is 6.13. The van der Waals surface area contributed by atoms with E-state index in [0.29, 0.717) is 6.04 Å². The van der Waals surface area contributed by atoms with Gasteiger partial charge in [0.25, 0.3) is 0 Å². The summed E-state index contributed by atoms with van der Waals surface area (Å²) in [6, 6.07) is 18.5. The highest BCUT2D eigenvalue weighted by atomic mass is 16.5. The van der Waals surface area contributed by atoms with Gasteiger partial charge in [0.05, 0.1) is 12.7 Å². The van der Waals surface area contributed by atoms with Crippen LogP contribution in [0.25, 0.3) is 10.8 Å². The molecule has 2 atom stereocenters. The van der Waals surface area contributed by atoms with E-state index in [-0.39, 0.29) is 6.10 Å². The van der Waals surface area contributed by atoms with E-state index >= 15 is 0 Å². The molecule has 0 unspecified atom stereocenters. The third kappa shape index (κ3) is 3.46. The van der Waals surface area contributed by atoms with Gasteiger partial charge >= 0.3 is 0 Å². The van der Waals surface area contributed by atoms with Crippen LogP contribution in [0.2, 0.25) is 0 Å². The van der Waals surface area contributed by atoms with Gasteiger partial charge in [-0.05, 0) is 78.4 Å². The fourth-order valence-electron chi connectivity index (χ4n) is 6.13. The van der Waals surface area contributed by atoms with Crippen LogP contribution in [0.15, 0.2) is 48.5 Å². The maximum atomic E-state index is 6.16. The standard InChI is InChI=1S/C28H33N3O/c1-19-18-31(26-10-7-21-6-5-20-3-2-4-25(26)28(20)21)15-14-30(19)13-11-27-24-9-8-23(29)17-22(24)12-16-32-27/h2-4,7-10,17,19,27H,5-6,11-16,18,29H2,1H3/t19-,27+/m1/s1. The second-order valence-electron chi connectivity index (χ2n) is 9.77. The molecular weight excluding hydrogens is 394 g/mol. The number of benzene rings is 3. The van der Waals surface area contributed by atoms with Crippen molar-refractivity contribution in [1.82, 2.24) is 4.90 Å². The molecule has 2 aliphatic heterocycles. The SMILES string of the molecule is C[C@@H]1CN(c2ccc3c4c(cccc24)CC3)CCN1CC[C@@H]1OCCc2cc(N)ccc21. The minimum atomic E-state index is 0.195. The Morgan fingerprint density at radius 3 is 2.72 bits per heavy atom. The second kappa shape index (κ2) is 8.09. The molecular formula is C28H33N3O. The molecule has 2 N–H and O–H groups in total. The van der Waals surface area contributed by atoms with Crippen LogP contribution >= 0.6 is 0 Å². The summed E-state index contributed by atoms with van der Waals surface area (Å²) in [5.74, 6) is 0. The number of fused-ring (bicyclic) bond motifs is 1. The molecule has 1 fully saturated rings. The lowest BCUT2D eigenvalue weighted by molar-refractivity contribution is 0.0255. The van der Waals surface area contributed by atoms with Crippen LogP contribution in [0.5, 0.6) is 0 Å². The molecule has 166 valence electrons. The number of piperazine rings is 1. The predicted molar refractivity (Wildman–Crippen MR) is 132 cm³/mol. The zero-order valence-corrected chi connectivity index (χ0v) is 19.0. The summed E-state index contributed by atoms with van der Waals surface area (Å²) in [5.41, 5.74) is 14.0. The molecule has 3 aromatic carbocycles. The number of hydrogen-bond acceptors (Lipinski definition) is 4. The number of hydrogen-bond donors (Lipinski definition) is 1. The van der Waals surface area contributed by atoms with Gasteiger partial charge in [-0.2, -0.15) is 0 Å². The summed E-state index contributed by atoms with van der Waals surface area (Å²) in [4.78, 5) is 5.25. The predicted octanol–water partition coefficient (Wildman–Crippen LogP) is 4.74. The molecule has 0 spiro atoms. The molecule has 4 heteroatoms. The first-order valence-corrected chi connectivity index (χ1v) is 12.2. The van der Waals surface area contributed by atoms with Crippen LogP contribution in [0.4, 0.5) is 11.4 Å². The first-order chi connectivity index (χ1) is 15.7. The van der Waals surface area contributed by atoms with Gasteiger partial charge in [0.2, 0.25) is 0 Å². The van der Waals surface area contributed by atoms with Crippen LogP contribution in [0.3, 0.4) is 0 Å². The Hall–Kier alpha value is -2.56. The summed E-state index contributed by atoms with van der Waals surface area (Å²) in [6.45, 7) is 7.52. The molecule has 0 radical (unpaired) electrons. The Balaban J connectivity index is 1.14. The van der Waals surface area contributed by atoms with Crippen molar-refractivity contribution in [2.75, 3.05) is 43.4 Å². The van der Waals surface area contributed by atoms with E-state index in [1.165, 1.54) is 51.6 Å². The average Bonchev–Trinajstić information content (AvgIpc) is 3.23. The van der Waals surface area contributed by atoms with E-state index in [2.05, 4.69) is 59.2 Å². The summed E-state index contributed by atoms with van der Waals surface area (Å²) in [6.07, 6.45) is 4.60. The maximum Gasteiger partial charge on any atom is 0.0840 e. The Morgan fingerprint density at radius 1 is 0.969 bits per heavy atom. The van der Waals surface area contributed by atoms with Crippen LogP contribution in [0, 0.1) is 0 Å². The Labute approximate surface area is 191 Å². The van der Waals surface area contributed by atoms with Crippen molar-refractivity contribution < 1.29 is 4.74 Å². The lowest BCUT2D eigenvalue weighted by Crippen LogP contribution is -2.52. The molecule has 2 heterocycles. The Kier molecular flexibility index (Phi) is 5.08. The van der Waals surface area contributed by atoms with Crippen molar-refractivity contribution in [3.8, 4) is 0 Å². The van der Waals surface area contributed by atoms with Crippen molar-refractivity contribution in [1.29, 1.82) is 0 Å². The third-order valence-corrected chi connectivity index (χ3v) is 7.84. The number of nitrogens with zero attached hydrogens (tertiary/aromatic N) is 2. The number of aryl methyl sites for hydroxylation is 2. The molecule has 1 saturated heterocycles. The zero-order chi connectivity index (χ0) is 21.7. The highest BCUT2D eigenvalue weighted by molar-refractivity contribution is 5.99. The highest BCUT2D eigenvalue weighted by Crippen LogP contribution is 2.37. The molecule has 0 saturated carbocycles. The summed E-state index contributed by atoms with van der Waals surface area (Å²) >= 11 is 0. The summed E-state index contributed by atoms with van der Waals surface area (Å²) in [7, 11) is 0. The van der Waals surface area contributed by atoms with E-state index in [4.69, 9.17) is 10.5 Å². The highest BCUT2D eigenvalue weighted by Gasteiger charge is 2.28. The van der Waals surface area contributed by atoms with Gasteiger partial charge in [0.15, 0.2) is 0 Å². The van der Waals surface area contributed by atoms with Crippen LogP contribution in [0.1, 0.15) is 41.7 Å². The van der Waals surface area contributed by atoms with Gasteiger partial charge in [-0.25, -0.2) is 0 Å². The molecule has 1 aliphatic carbocycles. The quantitative estimate of drug-likeness (QED) is 0.611. The average molecular weight is 428 g/mol. The van der Waals surface area contributed by atoms with E-state index in [1.807, 2.05) is 6.07 Å². The number of nitrogens with two attached hydrogens (primary N) is 1. The van der Waals surface area contributed by atoms with Crippen molar-refractivity contribution in [3.05, 3.63) is 70.8 Å². The van der Waals surface area contributed by atoms with Gasteiger partial charge in [-0.15, -0.1) is 0 Å². The largest absolute Gasteiger partial charge is 0.399 e. The fraction of sp³-hybridized carbons (Fsp3) is 0.429. The lowest BCUT2D eigenvalue weighted by atomic mass is 9.95. The molecule has 4 nitrogen and oxygen atoms in total. The molecule has 6 rings (SSSR count). The Morgan fingerprint density at radius 2 is 1.84 bits per heavy atom. The van der Waals surface area contributed by atoms with Crippen molar-refractivity contribution >= 4 is 22.1 Å². The third-order valence-electron chi connectivity index (χ3n) is 7.84. The molecule has 0 amide bonds. The normalized spacial score (nSPS) is 23.0. The van der Waals surface area contributed by atoms with Crippen LogP contribution < -0.4 is 10.6 Å². The number of anilines is 2. The second-order valence-corrected chi connectivity index (χ2v) is 9.77. The molecule has 0 aromatic heterocycles. The summed E-state index contributed by atoms with van der Waals surface area (Å²) in [5, 5.41) is 2.97. The molecule has 0 bridgehead atoms. The van der Waals surface area contributed by atoms with E-state index < -0.39 is 0 Å². The van der Waals surface area contributed by atoms with Gasteiger partial charge in [-0.3, -0.25) is 4.90 Å². The van der Waals surface area contributed by atoms with Gasteiger partial charge in [-0.1, -0.05) is 30.3 Å². The van der Waals surface area contributed by atoms with Crippen molar-refractivity contribution in [2.24, 2.45) is 0 Å². The summed E-state index contributed by atoms with van der Waals surface area (Å²) < 4.78 is 6.16. The molecule has 32 heavy (non-hydrogen) atoms. The Bertz CT molecular complexity index is 1150. The van der Waals surface area contributed by atoms with Gasteiger partial charge < -0.3 is 15.4 Å². The molecule has 3 aromatic rings. The number of ether oxygens (including phenoxy) is 1. The van der Waals surface area contributed by atoms with Crippen molar-refractivity contribution in [2.45, 2.75) is 44.8 Å². The first kappa shape index (κ1) is 20.1. The van der Waals surface area contributed by atoms with Crippen LogP contribution in [-0.4, -0.2) is 43.7 Å². The topological polar surface area (TPSA) is 41.7 Å². The molecule has 3 aliphatic rings. The monoisotopic (exact) mass is 427 g/mol. The van der Waals surface area contributed by atoms with E-state index in [9.17, 15) is 0 Å². The smallest absolute Gasteiger partial charge is 0.0840 e. The zero-order valence-electron chi connectivity index (χ0n) is 19.0. The van der Waals surface area contributed by atoms with Crippen molar-refractivity contribution in [3.63, 3.8) is 0 Å². The van der Waals surface area contributed by atoms with E-state index in [0.717, 1.165) is 51.3 Å². The maximum absolute atomic E-state index is 6.16. The minimum Gasteiger partial charge on any atom is -0.399 e.